The van der Waals surface area contributed by atoms with Crippen molar-refractivity contribution in [2.45, 2.75) is 27.3 Å². The van der Waals surface area contributed by atoms with Crippen LogP contribution in [0, 0.1) is 10.8 Å². The summed E-state index contributed by atoms with van der Waals surface area (Å²) in [6.07, 6.45) is 0. The molecule has 26 heavy (non-hydrogen) atoms. The Kier molecular flexibility index (Phi) is 4.56. The molecule has 0 aromatic heterocycles. The summed E-state index contributed by atoms with van der Waals surface area (Å²) in [5.41, 5.74) is 0.601. The van der Waals surface area contributed by atoms with Crippen LogP contribution in [0.3, 0.4) is 0 Å². The summed E-state index contributed by atoms with van der Waals surface area (Å²) in [7, 11) is 1.61. The summed E-state index contributed by atoms with van der Waals surface area (Å²) in [4.78, 5) is 26.7. The lowest BCUT2D eigenvalue weighted by atomic mass is 9.70. The molecule has 0 spiro atoms. The first-order valence-corrected chi connectivity index (χ1v) is 8.72. The van der Waals surface area contributed by atoms with Gasteiger partial charge >= 0.3 is 0 Å². The molecule has 6 heteroatoms. The highest BCUT2D eigenvalue weighted by molar-refractivity contribution is 6.10. The predicted molar refractivity (Wildman–Crippen MR) is 97.9 cm³/mol. The van der Waals surface area contributed by atoms with Crippen LogP contribution in [0.25, 0.3) is 0 Å². The number of benzene rings is 1. The second kappa shape index (κ2) is 6.43. The van der Waals surface area contributed by atoms with Gasteiger partial charge in [-0.2, -0.15) is 0 Å². The van der Waals surface area contributed by atoms with Gasteiger partial charge in [-0.3, -0.25) is 19.8 Å². The molecule has 0 radical (unpaired) electrons. The number of likely N-dealkylation sites (tertiary alicyclic amines) is 1. The van der Waals surface area contributed by atoms with Gasteiger partial charge in [0.25, 0.3) is 0 Å². The van der Waals surface area contributed by atoms with Gasteiger partial charge in [0.15, 0.2) is 11.5 Å². The van der Waals surface area contributed by atoms with E-state index in [2.05, 4.69) is 16.8 Å². The summed E-state index contributed by atoms with van der Waals surface area (Å²) in [6, 6.07) is 5.80. The number of carbonyl (C=O) groups excluding carboxylic acids is 2. The Morgan fingerprint density at radius 1 is 1.19 bits per heavy atom. The predicted octanol–water partition coefficient (Wildman–Crippen LogP) is 2.13. The average molecular weight is 358 g/mol. The number of nitrogens with zero attached hydrogens (tertiary/aromatic N) is 1. The van der Waals surface area contributed by atoms with Crippen LogP contribution < -0.4 is 14.8 Å². The third kappa shape index (κ3) is 2.88. The van der Waals surface area contributed by atoms with E-state index in [0.717, 1.165) is 11.1 Å². The zero-order chi connectivity index (χ0) is 19.1. The number of nitrogens with one attached hydrogen (secondary N) is 1. The zero-order valence-electron chi connectivity index (χ0n) is 15.8. The number of rotatable bonds is 6. The Hall–Kier alpha value is -2.34. The highest BCUT2D eigenvalue weighted by Gasteiger charge is 2.65. The van der Waals surface area contributed by atoms with Crippen molar-refractivity contribution in [3.05, 3.63) is 35.9 Å². The molecule has 1 aromatic carbocycles. The quantitative estimate of drug-likeness (QED) is 0.623. The second-order valence-corrected chi connectivity index (χ2v) is 7.82. The molecule has 2 aliphatic heterocycles. The topological polar surface area (TPSA) is 67.9 Å². The Bertz CT molecular complexity index is 747. The second-order valence-electron chi connectivity index (χ2n) is 7.82. The van der Waals surface area contributed by atoms with Crippen LogP contribution in [0.4, 0.5) is 0 Å². The molecule has 1 aromatic rings. The smallest absolute Gasteiger partial charge is 0.234 e. The Labute approximate surface area is 154 Å². The van der Waals surface area contributed by atoms with Crippen molar-refractivity contribution >= 4 is 11.8 Å². The highest BCUT2D eigenvalue weighted by atomic mass is 16.5. The third-order valence-electron chi connectivity index (χ3n) is 5.64. The summed E-state index contributed by atoms with van der Waals surface area (Å²) < 4.78 is 11.1. The lowest BCUT2D eigenvalue weighted by molar-refractivity contribution is -0.128. The minimum atomic E-state index is -0.685. The fraction of sp³-hybridized carbons (Fsp3) is 0.500. The fourth-order valence-corrected chi connectivity index (χ4v) is 3.83. The molecule has 0 bridgehead atoms. The van der Waals surface area contributed by atoms with E-state index < -0.39 is 10.8 Å². The Morgan fingerprint density at radius 3 is 2.35 bits per heavy atom. The minimum absolute atomic E-state index is 0.173. The molecule has 140 valence electrons. The van der Waals surface area contributed by atoms with Crippen molar-refractivity contribution in [2.75, 3.05) is 26.8 Å². The number of ether oxygens (including phenoxy) is 2. The van der Waals surface area contributed by atoms with Crippen LogP contribution in [0.1, 0.15) is 26.3 Å². The van der Waals surface area contributed by atoms with Crippen molar-refractivity contribution in [2.24, 2.45) is 10.8 Å². The molecule has 2 aliphatic rings. The van der Waals surface area contributed by atoms with E-state index in [1.54, 1.807) is 7.11 Å². The lowest BCUT2D eigenvalue weighted by Gasteiger charge is -2.26. The maximum atomic E-state index is 12.3. The highest BCUT2D eigenvalue weighted by Crippen LogP contribution is 2.50. The Balaban J connectivity index is 1.78. The van der Waals surface area contributed by atoms with Gasteiger partial charge < -0.3 is 9.47 Å². The number of imide groups is 1. The summed E-state index contributed by atoms with van der Waals surface area (Å²) in [5.74, 6) is 0.987. The molecule has 2 saturated heterocycles. The molecule has 2 fully saturated rings. The first-order valence-electron chi connectivity index (χ1n) is 8.72. The lowest BCUT2D eigenvalue weighted by Crippen LogP contribution is -2.38. The number of carbonyl (C=O) groups is 2. The van der Waals surface area contributed by atoms with Gasteiger partial charge in [0.05, 0.1) is 17.9 Å². The molecule has 0 aliphatic carbocycles. The zero-order valence-corrected chi connectivity index (χ0v) is 15.8. The standard InChI is InChI=1S/C20H26N2O4/c1-13(2)10-26-16-8-14(6-7-15(16)25-5)9-22-11-19(3)17(23)21-18(24)20(19,4)12-22/h6-8H,1,9-12H2,2-5H3,(H,21,23,24). The first kappa shape index (κ1) is 18.5. The molecular formula is C20H26N2O4. The van der Waals surface area contributed by atoms with Gasteiger partial charge in [0.1, 0.15) is 6.61 Å². The monoisotopic (exact) mass is 358 g/mol. The largest absolute Gasteiger partial charge is 0.493 e. The number of hydrogen-bond acceptors (Lipinski definition) is 5. The van der Waals surface area contributed by atoms with E-state index in [-0.39, 0.29) is 11.8 Å². The van der Waals surface area contributed by atoms with Gasteiger partial charge in [0.2, 0.25) is 11.8 Å². The van der Waals surface area contributed by atoms with Gasteiger partial charge in [0, 0.05) is 19.6 Å². The molecule has 0 saturated carbocycles. The van der Waals surface area contributed by atoms with Crippen molar-refractivity contribution in [3.63, 3.8) is 0 Å². The first-order chi connectivity index (χ1) is 12.2. The molecular weight excluding hydrogens is 332 g/mol. The molecule has 1 N–H and O–H groups in total. The van der Waals surface area contributed by atoms with Gasteiger partial charge in [-0.05, 0) is 44.0 Å². The van der Waals surface area contributed by atoms with Gasteiger partial charge in [-0.25, -0.2) is 0 Å². The van der Waals surface area contributed by atoms with E-state index >= 15 is 0 Å². The molecule has 2 heterocycles. The maximum Gasteiger partial charge on any atom is 0.234 e. The van der Waals surface area contributed by atoms with Gasteiger partial charge in [-0.15, -0.1) is 0 Å². The maximum absolute atomic E-state index is 12.3. The molecule has 3 rings (SSSR count). The van der Waals surface area contributed by atoms with Crippen molar-refractivity contribution in [1.29, 1.82) is 0 Å². The third-order valence-corrected chi connectivity index (χ3v) is 5.64. The SMILES string of the molecule is C=C(C)COc1cc(CN2CC3(C)C(=O)NC(=O)C3(C)C2)ccc1OC. The van der Waals surface area contributed by atoms with Crippen molar-refractivity contribution < 1.29 is 19.1 Å². The molecule has 2 atom stereocenters. The van der Waals surface area contributed by atoms with E-state index in [9.17, 15) is 9.59 Å². The van der Waals surface area contributed by atoms with E-state index in [1.807, 2.05) is 39.0 Å². The van der Waals surface area contributed by atoms with E-state index in [0.29, 0.717) is 37.7 Å². The van der Waals surface area contributed by atoms with Crippen molar-refractivity contribution in [1.82, 2.24) is 10.2 Å². The Morgan fingerprint density at radius 2 is 1.81 bits per heavy atom. The van der Waals surface area contributed by atoms with Crippen LogP contribution in [0.2, 0.25) is 0 Å². The summed E-state index contributed by atoms with van der Waals surface area (Å²) in [5, 5.41) is 2.49. The number of amides is 2. The fourth-order valence-electron chi connectivity index (χ4n) is 3.83. The number of hydrogen-bond donors (Lipinski definition) is 1. The van der Waals surface area contributed by atoms with E-state index in [1.165, 1.54) is 0 Å². The van der Waals surface area contributed by atoms with Crippen LogP contribution in [-0.2, 0) is 16.1 Å². The van der Waals surface area contributed by atoms with Gasteiger partial charge in [-0.1, -0.05) is 12.6 Å². The van der Waals surface area contributed by atoms with Crippen LogP contribution in [0.5, 0.6) is 11.5 Å². The molecule has 2 amide bonds. The van der Waals surface area contributed by atoms with Crippen LogP contribution in [0.15, 0.2) is 30.4 Å². The molecule has 2 unspecified atom stereocenters. The molecule has 6 nitrogen and oxygen atoms in total. The van der Waals surface area contributed by atoms with Crippen LogP contribution in [-0.4, -0.2) is 43.5 Å². The normalized spacial score (nSPS) is 28.0. The summed E-state index contributed by atoms with van der Waals surface area (Å²) >= 11 is 0. The summed E-state index contributed by atoms with van der Waals surface area (Å²) in [6.45, 7) is 11.7. The van der Waals surface area contributed by atoms with Crippen LogP contribution >= 0.6 is 0 Å². The van der Waals surface area contributed by atoms with E-state index in [4.69, 9.17) is 9.47 Å². The number of methoxy groups -OCH3 is 1. The number of fused-ring (bicyclic) bond motifs is 1. The van der Waals surface area contributed by atoms with Crippen molar-refractivity contribution in [3.8, 4) is 11.5 Å². The average Bonchev–Trinajstić information content (AvgIpc) is 2.93. The minimum Gasteiger partial charge on any atom is -0.493 e.